The molecule has 0 aromatic rings. The average molecular weight is 161 g/mol. The normalized spacial score (nSPS) is 67.9. The zero-order valence-electron chi connectivity index (χ0n) is 6.41. The quantitative estimate of drug-likeness (QED) is 0.485. The van der Waals surface area contributed by atoms with Gasteiger partial charge in [0.25, 0.3) is 0 Å². The number of ether oxygens (including phenoxy) is 1. The molecular weight excluding hydrogens is 154 g/mol. The summed E-state index contributed by atoms with van der Waals surface area (Å²) in [6.45, 7) is 0. The molecule has 1 saturated heterocycles. The van der Waals surface area contributed by atoms with Gasteiger partial charge in [-0.3, -0.25) is 4.79 Å². The Kier molecular flexibility index (Phi) is 0.511. The second-order valence-electron chi connectivity index (χ2n) is 4.60. The SMILES string of the molecule is N#CC12CC3CC34C(OC1=O)C24. The second-order valence-corrected chi connectivity index (χ2v) is 4.60. The van der Waals surface area contributed by atoms with Gasteiger partial charge in [-0.1, -0.05) is 0 Å². The van der Waals surface area contributed by atoms with Crippen LogP contribution in [0.2, 0.25) is 0 Å². The summed E-state index contributed by atoms with van der Waals surface area (Å²) in [5, 5.41) is 8.99. The lowest BCUT2D eigenvalue weighted by Crippen LogP contribution is -2.27. The maximum atomic E-state index is 11.3. The maximum Gasteiger partial charge on any atom is 0.327 e. The molecule has 60 valence electrons. The minimum absolute atomic E-state index is 0.142. The number of hydrogen-bond acceptors (Lipinski definition) is 3. The van der Waals surface area contributed by atoms with E-state index in [4.69, 9.17) is 10.00 Å². The molecule has 5 unspecified atom stereocenters. The first kappa shape index (κ1) is 5.58. The Bertz CT molecular complexity index is 371. The van der Waals surface area contributed by atoms with Gasteiger partial charge >= 0.3 is 5.97 Å². The van der Waals surface area contributed by atoms with Crippen LogP contribution in [0.3, 0.4) is 0 Å². The molecule has 1 aliphatic heterocycles. The standard InChI is InChI=1S/C9H7NO2/c10-3-8-1-4-2-9(4)5(8)6(9)12-7(8)11/h4-6H,1-2H2. The fourth-order valence-electron chi connectivity index (χ4n) is 3.78. The second kappa shape index (κ2) is 1.10. The predicted molar refractivity (Wildman–Crippen MR) is 36.6 cm³/mol. The molecule has 0 radical (unpaired) electrons. The van der Waals surface area contributed by atoms with Crippen molar-refractivity contribution in [1.29, 1.82) is 5.26 Å². The predicted octanol–water partition coefficient (Wildman–Crippen LogP) is 0.462. The van der Waals surface area contributed by atoms with E-state index in [2.05, 4.69) is 6.07 Å². The Morgan fingerprint density at radius 3 is 3.08 bits per heavy atom. The van der Waals surface area contributed by atoms with Crippen molar-refractivity contribution in [3.8, 4) is 6.07 Å². The summed E-state index contributed by atoms with van der Waals surface area (Å²) < 4.78 is 5.20. The minimum atomic E-state index is -0.701. The van der Waals surface area contributed by atoms with E-state index in [1.165, 1.54) is 6.42 Å². The van der Waals surface area contributed by atoms with Crippen LogP contribution in [0.15, 0.2) is 0 Å². The van der Waals surface area contributed by atoms with Gasteiger partial charge < -0.3 is 4.74 Å². The van der Waals surface area contributed by atoms with Crippen LogP contribution in [0.1, 0.15) is 12.8 Å². The summed E-state index contributed by atoms with van der Waals surface area (Å²) in [6.07, 6.45) is 2.13. The zero-order valence-corrected chi connectivity index (χ0v) is 6.41. The van der Waals surface area contributed by atoms with Crippen LogP contribution in [0.4, 0.5) is 0 Å². The third kappa shape index (κ3) is 0.269. The summed E-state index contributed by atoms with van der Waals surface area (Å²) >= 11 is 0. The van der Waals surface area contributed by atoms with Gasteiger partial charge in [0, 0.05) is 11.3 Å². The lowest BCUT2D eigenvalue weighted by Gasteiger charge is -2.14. The van der Waals surface area contributed by atoms with Crippen molar-refractivity contribution in [2.45, 2.75) is 18.9 Å². The first-order valence-electron chi connectivity index (χ1n) is 4.38. The maximum absolute atomic E-state index is 11.3. The van der Waals surface area contributed by atoms with Gasteiger partial charge in [-0.2, -0.15) is 5.26 Å². The van der Waals surface area contributed by atoms with Crippen LogP contribution >= 0.6 is 0 Å². The van der Waals surface area contributed by atoms with E-state index in [1.54, 1.807) is 0 Å². The molecule has 4 aliphatic rings. The number of carbonyl (C=O) groups is 1. The van der Waals surface area contributed by atoms with Gasteiger partial charge in [0.15, 0.2) is 5.41 Å². The number of carbonyl (C=O) groups excluding carboxylic acids is 1. The highest BCUT2D eigenvalue weighted by Crippen LogP contribution is 2.90. The Morgan fingerprint density at radius 2 is 2.42 bits per heavy atom. The summed E-state index contributed by atoms with van der Waals surface area (Å²) in [6, 6.07) is 2.19. The molecule has 0 bridgehead atoms. The summed E-state index contributed by atoms with van der Waals surface area (Å²) in [4.78, 5) is 11.3. The molecule has 0 aromatic carbocycles. The topological polar surface area (TPSA) is 50.1 Å². The number of nitriles is 1. The van der Waals surface area contributed by atoms with Crippen molar-refractivity contribution >= 4 is 5.97 Å². The van der Waals surface area contributed by atoms with E-state index in [9.17, 15) is 4.79 Å². The first-order chi connectivity index (χ1) is 5.75. The van der Waals surface area contributed by atoms with Gasteiger partial charge in [0.2, 0.25) is 0 Å². The summed E-state index contributed by atoms with van der Waals surface area (Å²) in [5.41, 5.74) is -0.378. The van der Waals surface area contributed by atoms with Crippen molar-refractivity contribution in [2.24, 2.45) is 22.7 Å². The molecule has 4 rings (SSSR count). The molecule has 0 amide bonds. The molecule has 3 saturated carbocycles. The summed E-state index contributed by atoms with van der Waals surface area (Å²) in [7, 11) is 0. The molecule has 5 atom stereocenters. The number of hydrogen-bond donors (Lipinski definition) is 0. The lowest BCUT2D eigenvalue weighted by molar-refractivity contribution is -0.147. The molecule has 0 N–H and O–H groups in total. The Balaban J connectivity index is 1.96. The van der Waals surface area contributed by atoms with E-state index in [-0.39, 0.29) is 18.0 Å². The Hall–Kier alpha value is -1.04. The molecule has 3 aliphatic carbocycles. The van der Waals surface area contributed by atoms with Crippen LogP contribution in [0.5, 0.6) is 0 Å². The molecule has 3 heteroatoms. The van der Waals surface area contributed by atoms with Crippen LogP contribution < -0.4 is 0 Å². The zero-order chi connectivity index (χ0) is 8.14. The fraction of sp³-hybridized carbons (Fsp3) is 0.778. The molecule has 1 heterocycles. The largest absolute Gasteiger partial charge is 0.460 e. The molecule has 3 nitrogen and oxygen atoms in total. The third-order valence-electron chi connectivity index (χ3n) is 4.40. The van der Waals surface area contributed by atoms with Crippen molar-refractivity contribution in [3.05, 3.63) is 0 Å². The summed E-state index contributed by atoms with van der Waals surface area (Å²) in [5.74, 6) is 0.684. The lowest BCUT2D eigenvalue weighted by atomic mass is 9.83. The number of esters is 1. The number of nitrogens with zero attached hydrogens (tertiary/aromatic N) is 1. The molecule has 12 heavy (non-hydrogen) atoms. The number of rotatable bonds is 0. The van der Waals surface area contributed by atoms with Crippen molar-refractivity contribution in [3.63, 3.8) is 0 Å². The van der Waals surface area contributed by atoms with Crippen LogP contribution in [-0.2, 0) is 9.53 Å². The highest BCUT2D eigenvalue weighted by Gasteiger charge is 2.95. The van der Waals surface area contributed by atoms with Gasteiger partial charge in [-0.15, -0.1) is 0 Å². The molecule has 1 spiro atoms. The molecular formula is C9H7NO2. The van der Waals surface area contributed by atoms with Gasteiger partial charge in [0.05, 0.1) is 6.07 Å². The van der Waals surface area contributed by atoms with E-state index in [0.717, 1.165) is 6.42 Å². The van der Waals surface area contributed by atoms with Gasteiger partial charge in [0.1, 0.15) is 6.10 Å². The van der Waals surface area contributed by atoms with Crippen molar-refractivity contribution < 1.29 is 9.53 Å². The van der Waals surface area contributed by atoms with Gasteiger partial charge in [-0.25, -0.2) is 0 Å². The first-order valence-corrected chi connectivity index (χ1v) is 4.38. The molecule has 4 fully saturated rings. The fourth-order valence-corrected chi connectivity index (χ4v) is 3.78. The van der Waals surface area contributed by atoms with E-state index >= 15 is 0 Å². The van der Waals surface area contributed by atoms with Crippen molar-refractivity contribution in [2.75, 3.05) is 0 Å². The Labute approximate surface area is 69.3 Å². The highest BCUT2D eigenvalue weighted by molar-refractivity contribution is 5.87. The highest BCUT2D eigenvalue weighted by atomic mass is 16.6. The van der Waals surface area contributed by atoms with Crippen molar-refractivity contribution in [1.82, 2.24) is 0 Å². The Morgan fingerprint density at radius 1 is 1.58 bits per heavy atom. The van der Waals surface area contributed by atoms with Crippen LogP contribution in [0, 0.1) is 34.0 Å². The average Bonchev–Trinajstić information content (AvgIpc) is 2.84. The third-order valence-corrected chi connectivity index (χ3v) is 4.40. The van der Waals surface area contributed by atoms with Crippen LogP contribution in [0.25, 0.3) is 0 Å². The van der Waals surface area contributed by atoms with Crippen LogP contribution in [-0.4, -0.2) is 12.1 Å². The van der Waals surface area contributed by atoms with E-state index in [0.29, 0.717) is 11.3 Å². The van der Waals surface area contributed by atoms with Gasteiger partial charge in [-0.05, 0) is 18.8 Å². The minimum Gasteiger partial charge on any atom is -0.460 e. The van der Waals surface area contributed by atoms with E-state index < -0.39 is 5.41 Å². The van der Waals surface area contributed by atoms with E-state index in [1.807, 2.05) is 0 Å². The monoisotopic (exact) mass is 161 g/mol. The molecule has 0 aromatic heterocycles. The smallest absolute Gasteiger partial charge is 0.327 e.